The fourth-order valence-electron chi connectivity index (χ4n) is 4.13. The van der Waals surface area contributed by atoms with Crippen LogP contribution in [0.15, 0.2) is 59.6 Å². The molecule has 1 fully saturated rings. The minimum Gasteiger partial charge on any atom is -0.493 e. The number of rotatable bonds is 11. The second-order valence-corrected chi connectivity index (χ2v) is 10.6. The van der Waals surface area contributed by atoms with Crippen molar-refractivity contribution in [2.75, 3.05) is 13.2 Å². The molecule has 3 aromatic rings. The second kappa shape index (κ2) is 12.4. The molecule has 0 spiro atoms. The summed E-state index contributed by atoms with van der Waals surface area (Å²) in [5, 5.41) is 4.92. The number of unbranched alkanes of at least 4 members (excludes halogenated alkanes) is 3. The number of ether oxygens (including phenoxy) is 1. The van der Waals surface area contributed by atoms with E-state index in [0.717, 1.165) is 59.5 Å². The number of carbonyl (C=O) groups excluding carboxylic acids is 1. The molecule has 1 aromatic heterocycles. The standard InChI is InChI=1S/C29H33N3O2S2/c1-4-6-7-11-16-31-28(33)26(36-29(31)35)19-23-20-32(24-12-9-8-10-13-24)30-27(23)22-14-15-25(21(3)18-22)34-17-5-2/h8-10,12-15,18-20H,4-7,11,16-17H2,1-3H3/b26-19-. The molecule has 1 aliphatic rings. The lowest BCUT2D eigenvalue weighted by atomic mass is 10.0. The maximum absolute atomic E-state index is 13.2. The van der Waals surface area contributed by atoms with Gasteiger partial charge >= 0.3 is 0 Å². The highest BCUT2D eigenvalue weighted by Crippen LogP contribution is 2.36. The number of aryl methyl sites for hydroxylation is 1. The van der Waals surface area contributed by atoms with Gasteiger partial charge in [0.05, 0.1) is 17.2 Å². The minimum absolute atomic E-state index is 0.0144. The summed E-state index contributed by atoms with van der Waals surface area (Å²) in [6.45, 7) is 7.69. The lowest BCUT2D eigenvalue weighted by Crippen LogP contribution is -2.29. The van der Waals surface area contributed by atoms with Crippen LogP contribution in [0.3, 0.4) is 0 Å². The van der Waals surface area contributed by atoms with Crippen LogP contribution in [0.25, 0.3) is 23.0 Å². The molecule has 36 heavy (non-hydrogen) atoms. The van der Waals surface area contributed by atoms with Crippen LogP contribution < -0.4 is 4.74 Å². The number of thioether (sulfide) groups is 1. The van der Waals surface area contributed by atoms with E-state index in [4.69, 9.17) is 22.1 Å². The van der Waals surface area contributed by atoms with E-state index in [2.05, 4.69) is 19.9 Å². The Labute approximate surface area is 223 Å². The molecule has 4 rings (SSSR count). The van der Waals surface area contributed by atoms with Gasteiger partial charge in [0.15, 0.2) is 0 Å². The summed E-state index contributed by atoms with van der Waals surface area (Å²) in [4.78, 5) is 15.6. The number of nitrogens with zero attached hydrogens (tertiary/aromatic N) is 3. The van der Waals surface area contributed by atoms with Crippen LogP contribution >= 0.6 is 24.0 Å². The minimum atomic E-state index is -0.0144. The number of hydrogen-bond donors (Lipinski definition) is 0. The summed E-state index contributed by atoms with van der Waals surface area (Å²) >= 11 is 6.93. The largest absolute Gasteiger partial charge is 0.493 e. The zero-order valence-corrected chi connectivity index (χ0v) is 22.8. The van der Waals surface area contributed by atoms with Gasteiger partial charge in [0.1, 0.15) is 15.8 Å². The number of benzene rings is 2. The third-order valence-corrected chi connectivity index (χ3v) is 7.45. The van der Waals surface area contributed by atoms with Crippen molar-refractivity contribution in [1.82, 2.24) is 14.7 Å². The van der Waals surface area contributed by atoms with Crippen LogP contribution in [-0.2, 0) is 4.79 Å². The average molecular weight is 520 g/mol. The molecular weight excluding hydrogens is 486 g/mol. The number of para-hydroxylation sites is 1. The Balaban J connectivity index is 1.68. The van der Waals surface area contributed by atoms with E-state index in [9.17, 15) is 4.79 Å². The first-order chi connectivity index (χ1) is 17.5. The average Bonchev–Trinajstić information content (AvgIpc) is 3.42. The Morgan fingerprint density at radius 3 is 2.58 bits per heavy atom. The van der Waals surface area contributed by atoms with Gasteiger partial charge in [0.25, 0.3) is 5.91 Å². The first kappa shape index (κ1) is 26.2. The van der Waals surface area contributed by atoms with Crippen molar-refractivity contribution in [3.63, 3.8) is 0 Å². The van der Waals surface area contributed by atoms with E-state index in [1.54, 1.807) is 4.90 Å². The Morgan fingerprint density at radius 2 is 1.86 bits per heavy atom. The molecule has 0 unspecified atom stereocenters. The van der Waals surface area contributed by atoms with Gasteiger partial charge in [-0.25, -0.2) is 4.68 Å². The molecular formula is C29H33N3O2S2. The summed E-state index contributed by atoms with van der Waals surface area (Å²) in [5.74, 6) is 0.869. The van der Waals surface area contributed by atoms with Gasteiger partial charge in [-0.05, 0) is 61.7 Å². The van der Waals surface area contributed by atoms with Gasteiger partial charge in [-0.15, -0.1) is 0 Å². The second-order valence-electron chi connectivity index (χ2n) is 8.94. The highest BCUT2D eigenvalue weighted by molar-refractivity contribution is 8.26. The van der Waals surface area contributed by atoms with E-state index in [1.807, 2.05) is 66.3 Å². The van der Waals surface area contributed by atoms with Gasteiger partial charge < -0.3 is 4.74 Å². The number of carbonyl (C=O) groups is 1. The summed E-state index contributed by atoms with van der Waals surface area (Å²) in [6.07, 6.45) is 9.29. The molecule has 5 nitrogen and oxygen atoms in total. The normalized spacial score (nSPS) is 14.8. The topological polar surface area (TPSA) is 47.4 Å². The van der Waals surface area contributed by atoms with Crippen LogP contribution in [0.2, 0.25) is 0 Å². The number of thiocarbonyl (C=S) groups is 1. The first-order valence-corrected chi connectivity index (χ1v) is 13.9. The van der Waals surface area contributed by atoms with E-state index in [1.165, 1.54) is 18.2 Å². The van der Waals surface area contributed by atoms with Crippen LogP contribution in [0.5, 0.6) is 5.75 Å². The smallest absolute Gasteiger partial charge is 0.266 e. The molecule has 0 aliphatic carbocycles. The number of amides is 1. The lowest BCUT2D eigenvalue weighted by molar-refractivity contribution is -0.122. The molecule has 7 heteroatoms. The third-order valence-electron chi connectivity index (χ3n) is 6.07. The van der Waals surface area contributed by atoms with Crippen molar-refractivity contribution in [2.45, 2.75) is 52.9 Å². The lowest BCUT2D eigenvalue weighted by Gasteiger charge is -2.13. The summed E-state index contributed by atoms with van der Waals surface area (Å²) in [6, 6.07) is 16.1. The maximum Gasteiger partial charge on any atom is 0.266 e. The molecule has 1 aliphatic heterocycles. The number of aromatic nitrogens is 2. The molecule has 0 N–H and O–H groups in total. The number of hydrogen-bond acceptors (Lipinski definition) is 5. The molecule has 0 atom stereocenters. The Kier molecular flexibility index (Phi) is 8.99. The quantitative estimate of drug-likeness (QED) is 0.150. The molecule has 0 bridgehead atoms. The molecule has 1 amide bonds. The highest BCUT2D eigenvalue weighted by atomic mass is 32.2. The molecule has 1 saturated heterocycles. The van der Waals surface area contributed by atoms with Gasteiger partial charge in [0, 0.05) is 23.9 Å². The van der Waals surface area contributed by atoms with Gasteiger partial charge in [-0.1, -0.05) is 75.3 Å². The van der Waals surface area contributed by atoms with Gasteiger partial charge in [-0.3, -0.25) is 9.69 Å². The van der Waals surface area contributed by atoms with Crippen molar-refractivity contribution in [1.29, 1.82) is 0 Å². The van der Waals surface area contributed by atoms with E-state index in [0.29, 0.717) is 22.4 Å². The van der Waals surface area contributed by atoms with Crippen LogP contribution in [0.4, 0.5) is 0 Å². The van der Waals surface area contributed by atoms with Crippen molar-refractivity contribution >= 4 is 40.3 Å². The Morgan fingerprint density at radius 1 is 1.06 bits per heavy atom. The highest BCUT2D eigenvalue weighted by Gasteiger charge is 2.32. The van der Waals surface area contributed by atoms with Crippen molar-refractivity contribution in [2.24, 2.45) is 0 Å². The summed E-state index contributed by atoms with van der Waals surface area (Å²) < 4.78 is 8.37. The Bertz CT molecular complexity index is 1250. The first-order valence-electron chi connectivity index (χ1n) is 12.7. The fraction of sp³-hybridized carbons (Fsp3) is 0.345. The zero-order chi connectivity index (χ0) is 25.5. The predicted molar refractivity (Wildman–Crippen MR) is 154 cm³/mol. The molecule has 0 radical (unpaired) electrons. The van der Waals surface area contributed by atoms with Crippen LogP contribution in [0, 0.1) is 6.92 Å². The monoisotopic (exact) mass is 519 g/mol. The van der Waals surface area contributed by atoms with E-state index < -0.39 is 0 Å². The van der Waals surface area contributed by atoms with Gasteiger partial charge in [0.2, 0.25) is 0 Å². The van der Waals surface area contributed by atoms with Crippen molar-refractivity contribution in [3.8, 4) is 22.7 Å². The molecule has 188 valence electrons. The van der Waals surface area contributed by atoms with Crippen LogP contribution in [0.1, 0.15) is 57.1 Å². The fourth-order valence-corrected chi connectivity index (χ4v) is 5.43. The SMILES string of the molecule is CCCCCCN1C(=O)/C(=C/c2cn(-c3ccccc3)nc2-c2ccc(OCCC)c(C)c2)SC1=S. The van der Waals surface area contributed by atoms with Gasteiger partial charge in [-0.2, -0.15) is 5.10 Å². The molecule has 2 heterocycles. The summed E-state index contributed by atoms with van der Waals surface area (Å²) in [7, 11) is 0. The van der Waals surface area contributed by atoms with Crippen molar-refractivity contribution in [3.05, 3.63) is 70.8 Å². The Hall–Kier alpha value is -2.90. The predicted octanol–water partition coefficient (Wildman–Crippen LogP) is 7.42. The zero-order valence-electron chi connectivity index (χ0n) is 21.2. The van der Waals surface area contributed by atoms with Crippen molar-refractivity contribution < 1.29 is 9.53 Å². The molecule has 2 aromatic carbocycles. The third kappa shape index (κ3) is 6.08. The summed E-state index contributed by atoms with van der Waals surface area (Å²) in [5.41, 5.74) is 4.69. The van der Waals surface area contributed by atoms with E-state index >= 15 is 0 Å². The van der Waals surface area contributed by atoms with E-state index in [-0.39, 0.29) is 5.91 Å². The van der Waals surface area contributed by atoms with Crippen LogP contribution in [-0.4, -0.2) is 38.1 Å². The molecule has 0 saturated carbocycles. The maximum atomic E-state index is 13.2.